The summed E-state index contributed by atoms with van der Waals surface area (Å²) in [4.78, 5) is 12.2. The highest BCUT2D eigenvalue weighted by Crippen LogP contribution is 2.19. The molecule has 0 heterocycles. The Morgan fingerprint density at radius 1 is 1.29 bits per heavy atom. The number of nitrogens with two attached hydrogens (primary N) is 1. The second-order valence-electron chi connectivity index (χ2n) is 5.56. The van der Waals surface area contributed by atoms with E-state index in [0.29, 0.717) is 12.3 Å². The first-order chi connectivity index (χ1) is 9.65. The van der Waals surface area contributed by atoms with E-state index in [4.69, 9.17) is 9.88 Å². The van der Waals surface area contributed by atoms with Crippen LogP contribution in [0.15, 0.2) is 23.1 Å². The Kier molecular flexibility index (Phi) is 5.92. The van der Waals surface area contributed by atoms with Gasteiger partial charge in [0.15, 0.2) is 0 Å². The number of primary sulfonamides is 1. The summed E-state index contributed by atoms with van der Waals surface area (Å²) in [6.07, 6.45) is 1.14. The SMILES string of the molecule is CCc1ccc(S(N)(=O)=O)cc1C(=O)OC(C)CC(C)C. The number of carbonyl (C=O) groups excluding carboxylic acids is 1. The van der Waals surface area contributed by atoms with Crippen molar-refractivity contribution < 1.29 is 17.9 Å². The summed E-state index contributed by atoms with van der Waals surface area (Å²) in [7, 11) is -3.84. The third-order valence-corrected chi connectivity index (χ3v) is 4.03. The van der Waals surface area contributed by atoms with Crippen molar-refractivity contribution in [3.8, 4) is 0 Å². The van der Waals surface area contributed by atoms with Crippen molar-refractivity contribution in [1.29, 1.82) is 0 Å². The van der Waals surface area contributed by atoms with Crippen LogP contribution in [0.25, 0.3) is 0 Å². The molecule has 1 rings (SSSR count). The predicted octanol–water partition coefficient (Wildman–Crippen LogP) is 2.49. The van der Waals surface area contributed by atoms with E-state index in [1.807, 2.05) is 27.7 Å². The fraction of sp³-hybridized carbons (Fsp3) is 0.533. The van der Waals surface area contributed by atoms with Gasteiger partial charge in [-0.15, -0.1) is 0 Å². The summed E-state index contributed by atoms with van der Waals surface area (Å²) in [5.41, 5.74) is 1.00. The monoisotopic (exact) mass is 313 g/mol. The zero-order valence-corrected chi connectivity index (χ0v) is 13.7. The van der Waals surface area contributed by atoms with Gasteiger partial charge in [0.25, 0.3) is 0 Å². The van der Waals surface area contributed by atoms with Crippen LogP contribution in [-0.2, 0) is 21.2 Å². The Balaban J connectivity index is 3.07. The number of sulfonamides is 1. The molecule has 2 N–H and O–H groups in total. The minimum Gasteiger partial charge on any atom is -0.459 e. The smallest absolute Gasteiger partial charge is 0.338 e. The van der Waals surface area contributed by atoms with Gasteiger partial charge in [-0.2, -0.15) is 0 Å². The van der Waals surface area contributed by atoms with Gasteiger partial charge in [-0.1, -0.05) is 26.8 Å². The van der Waals surface area contributed by atoms with Crippen LogP contribution in [0.4, 0.5) is 0 Å². The molecule has 0 fully saturated rings. The summed E-state index contributed by atoms with van der Waals surface area (Å²) in [6.45, 7) is 7.81. The van der Waals surface area contributed by atoms with Crippen LogP contribution >= 0.6 is 0 Å². The van der Waals surface area contributed by atoms with Crippen molar-refractivity contribution in [2.45, 2.75) is 51.5 Å². The average Bonchev–Trinajstić information content (AvgIpc) is 2.35. The first-order valence-electron chi connectivity index (χ1n) is 7.01. The lowest BCUT2D eigenvalue weighted by molar-refractivity contribution is 0.0298. The van der Waals surface area contributed by atoms with Crippen molar-refractivity contribution >= 4 is 16.0 Å². The van der Waals surface area contributed by atoms with Gasteiger partial charge in [0, 0.05) is 0 Å². The number of hydrogen-bond acceptors (Lipinski definition) is 4. The van der Waals surface area contributed by atoms with Crippen LogP contribution in [0.1, 0.15) is 50.0 Å². The fourth-order valence-electron chi connectivity index (χ4n) is 2.19. The molecule has 1 aromatic rings. The second-order valence-corrected chi connectivity index (χ2v) is 7.12. The third kappa shape index (κ3) is 5.13. The molecule has 1 atom stereocenters. The molecular formula is C15H23NO4S. The molecule has 0 radical (unpaired) electrons. The minimum atomic E-state index is -3.84. The van der Waals surface area contributed by atoms with E-state index >= 15 is 0 Å². The van der Waals surface area contributed by atoms with Crippen molar-refractivity contribution in [1.82, 2.24) is 0 Å². The van der Waals surface area contributed by atoms with E-state index in [1.165, 1.54) is 12.1 Å². The second kappa shape index (κ2) is 7.04. The Morgan fingerprint density at radius 2 is 1.90 bits per heavy atom. The lowest BCUT2D eigenvalue weighted by Crippen LogP contribution is -2.19. The lowest BCUT2D eigenvalue weighted by atomic mass is 10.0. The molecule has 21 heavy (non-hydrogen) atoms. The summed E-state index contributed by atoms with van der Waals surface area (Å²) >= 11 is 0. The summed E-state index contributed by atoms with van der Waals surface area (Å²) < 4.78 is 28.2. The van der Waals surface area contributed by atoms with Gasteiger partial charge in [-0.3, -0.25) is 0 Å². The maximum absolute atomic E-state index is 12.2. The molecule has 0 saturated carbocycles. The summed E-state index contributed by atoms with van der Waals surface area (Å²) in [6, 6.07) is 4.30. The first kappa shape index (κ1) is 17.7. The van der Waals surface area contributed by atoms with Crippen molar-refractivity contribution in [3.05, 3.63) is 29.3 Å². The molecule has 0 aliphatic carbocycles. The van der Waals surface area contributed by atoms with Crippen molar-refractivity contribution in [3.63, 3.8) is 0 Å². The van der Waals surface area contributed by atoms with Gasteiger partial charge in [-0.25, -0.2) is 18.4 Å². The molecule has 1 aromatic carbocycles. The molecule has 0 aliphatic rings. The number of carbonyl (C=O) groups is 1. The molecule has 0 amide bonds. The summed E-state index contributed by atoms with van der Waals surface area (Å²) in [5.74, 6) is -0.0975. The number of benzene rings is 1. The topological polar surface area (TPSA) is 86.5 Å². The van der Waals surface area contributed by atoms with Gasteiger partial charge < -0.3 is 4.74 Å². The van der Waals surface area contributed by atoms with E-state index in [1.54, 1.807) is 6.07 Å². The van der Waals surface area contributed by atoms with Gasteiger partial charge in [0.05, 0.1) is 16.6 Å². The van der Waals surface area contributed by atoms with Crippen LogP contribution in [-0.4, -0.2) is 20.5 Å². The highest BCUT2D eigenvalue weighted by atomic mass is 32.2. The number of aryl methyl sites for hydroxylation is 1. The highest BCUT2D eigenvalue weighted by molar-refractivity contribution is 7.89. The first-order valence-corrected chi connectivity index (χ1v) is 8.56. The predicted molar refractivity (Wildman–Crippen MR) is 81.5 cm³/mol. The van der Waals surface area contributed by atoms with E-state index < -0.39 is 16.0 Å². The maximum Gasteiger partial charge on any atom is 0.338 e. The average molecular weight is 313 g/mol. The lowest BCUT2D eigenvalue weighted by Gasteiger charge is -2.16. The van der Waals surface area contributed by atoms with Gasteiger partial charge in [0.1, 0.15) is 0 Å². The molecule has 0 aromatic heterocycles. The molecule has 0 bridgehead atoms. The molecule has 6 heteroatoms. The van der Waals surface area contributed by atoms with Gasteiger partial charge in [-0.05, 0) is 43.4 Å². The quantitative estimate of drug-likeness (QED) is 0.817. The Hall–Kier alpha value is -1.40. The maximum atomic E-state index is 12.2. The fourth-order valence-corrected chi connectivity index (χ4v) is 2.73. The Labute approximate surface area is 126 Å². The van der Waals surface area contributed by atoms with Crippen LogP contribution in [0.2, 0.25) is 0 Å². The van der Waals surface area contributed by atoms with E-state index in [2.05, 4.69) is 0 Å². The standard InChI is InChI=1S/C15H23NO4S/c1-5-12-6-7-13(21(16,18)19)9-14(12)15(17)20-11(4)8-10(2)3/h6-7,9-11H,5,8H2,1-4H3,(H2,16,18,19). The number of esters is 1. The molecule has 118 valence electrons. The van der Waals surface area contributed by atoms with Crippen molar-refractivity contribution in [2.75, 3.05) is 0 Å². The minimum absolute atomic E-state index is 0.0804. The normalized spacial score (nSPS) is 13.2. The van der Waals surface area contributed by atoms with Gasteiger partial charge >= 0.3 is 5.97 Å². The molecule has 1 unspecified atom stereocenters. The molecule has 0 spiro atoms. The van der Waals surface area contributed by atoms with Crippen molar-refractivity contribution in [2.24, 2.45) is 11.1 Å². The van der Waals surface area contributed by atoms with E-state index in [-0.39, 0.29) is 16.6 Å². The molecular weight excluding hydrogens is 290 g/mol. The van der Waals surface area contributed by atoms with Gasteiger partial charge in [0.2, 0.25) is 10.0 Å². The Bertz CT molecular complexity index is 608. The highest BCUT2D eigenvalue weighted by Gasteiger charge is 2.19. The third-order valence-electron chi connectivity index (χ3n) is 3.12. The molecule has 0 aliphatic heterocycles. The number of rotatable bonds is 6. The zero-order valence-electron chi connectivity index (χ0n) is 12.9. The zero-order chi connectivity index (χ0) is 16.2. The van der Waals surface area contributed by atoms with Crippen LogP contribution in [0.3, 0.4) is 0 Å². The summed E-state index contributed by atoms with van der Waals surface area (Å²) in [5, 5.41) is 5.10. The van der Waals surface area contributed by atoms with E-state index in [0.717, 1.165) is 12.0 Å². The molecule has 0 saturated heterocycles. The number of ether oxygens (including phenoxy) is 1. The largest absolute Gasteiger partial charge is 0.459 e. The van der Waals surface area contributed by atoms with E-state index in [9.17, 15) is 13.2 Å². The molecule has 5 nitrogen and oxygen atoms in total. The number of hydrogen-bond donors (Lipinski definition) is 1. The Morgan fingerprint density at radius 3 is 2.38 bits per heavy atom. The van der Waals surface area contributed by atoms with Crippen LogP contribution < -0.4 is 5.14 Å². The van der Waals surface area contributed by atoms with Crippen LogP contribution in [0.5, 0.6) is 0 Å². The van der Waals surface area contributed by atoms with Crippen LogP contribution in [0, 0.1) is 5.92 Å².